The summed E-state index contributed by atoms with van der Waals surface area (Å²) in [5.74, 6) is -3.97. The number of carbonyl (C=O) groups excluding carboxylic acids is 3. The molecule has 9 nitrogen and oxygen atoms in total. The second kappa shape index (κ2) is 13.2. The highest BCUT2D eigenvalue weighted by Gasteiger charge is 2.26. The fourth-order valence-corrected chi connectivity index (χ4v) is 4.33. The van der Waals surface area contributed by atoms with E-state index in [4.69, 9.17) is 4.74 Å². The van der Waals surface area contributed by atoms with E-state index in [-0.39, 0.29) is 22.9 Å². The van der Waals surface area contributed by atoms with Gasteiger partial charge in [0.2, 0.25) is 0 Å². The van der Waals surface area contributed by atoms with Gasteiger partial charge in [-0.3, -0.25) is 15.0 Å². The number of hydrogen-bond donors (Lipinski definition) is 4. The van der Waals surface area contributed by atoms with Gasteiger partial charge in [0.15, 0.2) is 0 Å². The van der Waals surface area contributed by atoms with E-state index in [1.54, 1.807) is 20.8 Å². The molecular weight excluding hydrogens is 546 g/mol. The quantitative estimate of drug-likeness (QED) is 0.269. The summed E-state index contributed by atoms with van der Waals surface area (Å²) >= 11 is 0. The molecule has 4 N–H and O–H groups in total. The fourth-order valence-electron chi connectivity index (χ4n) is 4.33. The molecule has 3 rings (SSSR count). The Labute approximate surface area is 236 Å². The number of carbonyl (C=O) groups is 3. The number of hydrogen-bond acceptors (Lipinski definition) is 6. The summed E-state index contributed by atoms with van der Waals surface area (Å²) in [6.07, 6.45) is -2.60. The molecule has 0 unspecified atom stereocenters. The molecule has 0 bridgehead atoms. The topological polar surface area (TPSA) is 112 Å². The number of benzene rings is 2. The minimum Gasteiger partial charge on any atom is -0.443 e. The molecule has 0 aliphatic carbocycles. The number of rotatable bonds is 7. The maximum atomic E-state index is 15.2. The first-order valence-electron chi connectivity index (χ1n) is 13.1. The smallest absolute Gasteiger partial charge is 0.426 e. The molecule has 0 saturated carbocycles. The number of alkyl halides is 2. The molecule has 0 radical (unpaired) electrons. The van der Waals surface area contributed by atoms with Crippen LogP contribution in [0.1, 0.15) is 84.8 Å². The molecule has 1 fully saturated rings. The highest BCUT2D eigenvalue weighted by atomic mass is 19.3. The summed E-state index contributed by atoms with van der Waals surface area (Å²) < 4.78 is 61.3. The molecule has 2 aromatic rings. The first kappa shape index (κ1) is 31.7. The Kier molecular flexibility index (Phi) is 10.2. The molecule has 1 atom stereocenters. The van der Waals surface area contributed by atoms with Crippen molar-refractivity contribution >= 4 is 23.6 Å². The first-order valence-corrected chi connectivity index (χ1v) is 13.1. The number of nitrogens with zero attached hydrogens (tertiary/aromatic N) is 1. The van der Waals surface area contributed by atoms with Gasteiger partial charge in [-0.15, -0.1) is 0 Å². The third-order valence-corrected chi connectivity index (χ3v) is 6.46. The van der Waals surface area contributed by atoms with E-state index in [2.05, 4.69) is 15.5 Å². The standard InChI is InChI=1S/C28H35F4N5O4/c1-15(17-7-6-8-18(23(17)30)24(31)32)33-25(38)20-13-19(26(39)35-36-27(40)41-28(2,3)4)21(29)14-22(20)34-16-9-11-37(5)12-10-16/h6-8,13-16,24,34H,9-12H2,1-5H3,(H,33,38)(H,35,39)(H,36,40)/t15-/m1/s1. The van der Waals surface area contributed by atoms with E-state index in [1.165, 1.54) is 19.1 Å². The summed E-state index contributed by atoms with van der Waals surface area (Å²) in [5.41, 5.74) is 1.66. The molecule has 2 aromatic carbocycles. The highest BCUT2D eigenvalue weighted by Crippen LogP contribution is 2.29. The second-order valence-corrected chi connectivity index (χ2v) is 10.9. The van der Waals surface area contributed by atoms with Crippen molar-refractivity contribution in [1.29, 1.82) is 0 Å². The zero-order valence-corrected chi connectivity index (χ0v) is 23.5. The predicted molar refractivity (Wildman–Crippen MR) is 145 cm³/mol. The fraction of sp³-hybridized carbons (Fsp3) is 0.464. The number of halogens is 4. The third-order valence-electron chi connectivity index (χ3n) is 6.46. The molecular formula is C28H35F4N5O4. The number of ether oxygens (including phenoxy) is 1. The van der Waals surface area contributed by atoms with E-state index >= 15 is 4.39 Å². The maximum Gasteiger partial charge on any atom is 0.426 e. The van der Waals surface area contributed by atoms with E-state index in [1.807, 2.05) is 17.9 Å². The molecule has 41 heavy (non-hydrogen) atoms. The predicted octanol–water partition coefficient (Wildman–Crippen LogP) is 5.07. The van der Waals surface area contributed by atoms with Crippen molar-refractivity contribution < 1.29 is 36.7 Å². The van der Waals surface area contributed by atoms with Gasteiger partial charge in [-0.25, -0.2) is 27.8 Å². The van der Waals surface area contributed by atoms with Crippen LogP contribution in [0.4, 0.5) is 28.0 Å². The van der Waals surface area contributed by atoms with Crippen LogP contribution in [0.5, 0.6) is 0 Å². The molecule has 1 aliphatic heterocycles. The Morgan fingerprint density at radius 2 is 1.61 bits per heavy atom. The lowest BCUT2D eigenvalue weighted by Gasteiger charge is -2.31. The SMILES string of the molecule is C[C@@H](NC(=O)c1cc(C(=O)NNC(=O)OC(C)(C)C)c(F)cc1NC1CCN(C)CC1)c1cccc(C(F)F)c1F. The van der Waals surface area contributed by atoms with Crippen molar-refractivity contribution in [2.75, 3.05) is 25.5 Å². The van der Waals surface area contributed by atoms with Crippen LogP contribution in [-0.2, 0) is 4.74 Å². The van der Waals surface area contributed by atoms with Crippen LogP contribution in [0.25, 0.3) is 0 Å². The lowest BCUT2D eigenvalue weighted by molar-refractivity contribution is 0.0482. The molecule has 3 amide bonds. The second-order valence-electron chi connectivity index (χ2n) is 10.9. The summed E-state index contributed by atoms with van der Waals surface area (Å²) in [5, 5.41) is 5.71. The molecule has 0 aromatic heterocycles. The van der Waals surface area contributed by atoms with Crippen LogP contribution >= 0.6 is 0 Å². The van der Waals surface area contributed by atoms with Gasteiger partial charge in [-0.05, 0) is 72.8 Å². The zero-order valence-electron chi connectivity index (χ0n) is 23.5. The van der Waals surface area contributed by atoms with Crippen LogP contribution in [0.3, 0.4) is 0 Å². The number of anilines is 1. The molecule has 13 heteroatoms. The van der Waals surface area contributed by atoms with Gasteiger partial charge in [0.05, 0.1) is 28.4 Å². The minimum absolute atomic E-state index is 0.0942. The van der Waals surface area contributed by atoms with E-state index < -0.39 is 58.7 Å². The average molecular weight is 582 g/mol. The van der Waals surface area contributed by atoms with Crippen molar-refractivity contribution in [1.82, 2.24) is 21.1 Å². The number of likely N-dealkylation sites (tertiary alicyclic amines) is 1. The summed E-state index contributed by atoms with van der Waals surface area (Å²) in [4.78, 5) is 40.2. The summed E-state index contributed by atoms with van der Waals surface area (Å²) in [6, 6.07) is 4.35. The molecule has 1 aliphatic rings. The van der Waals surface area contributed by atoms with Gasteiger partial charge in [0, 0.05) is 11.6 Å². The zero-order chi connectivity index (χ0) is 30.5. The Balaban J connectivity index is 1.89. The first-order chi connectivity index (χ1) is 19.2. The van der Waals surface area contributed by atoms with Crippen LogP contribution in [0, 0.1) is 11.6 Å². The number of hydrazine groups is 1. The van der Waals surface area contributed by atoms with Gasteiger partial charge in [0.25, 0.3) is 18.2 Å². The number of piperidine rings is 1. The maximum absolute atomic E-state index is 15.2. The third kappa shape index (κ3) is 8.56. The van der Waals surface area contributed by atoms with Crippen molar-refractivity contribution in [2.24, 2.45) is 0 Å². The lowest BCUT2D eigenvalue weighted by Crippen LogP contribution is -2.44. The molecule has 1 saturated heterocycles. The average Bonchev–Trinajstić information content (AvgIpc) is 2.87. The largest absolute Gasteiger partial charge is 0.443 e. The van der Waals surface area contributed by atoms with Gasteiger partial charge < -0.3 is 20.3 Å². The summed E-state index contributed by atoms with van der Waals surface area (Å²) in [6.45, 7) is 7.81. The number of amides is 3. The van der Waals surface area contributed by atoms with Crippen LogP contribution < -0.4 is 21.5 Å². The van der Waals surface area contributed by atoms with Crippen LogP contribution in [0.2, 0.25) is 0 Å². The van der Waals surface area contributed by atoms with Gasteiger partial charge >= 0.3 is 6.09 Å². The van der Waals surface area contributed by atoms with E-state index in [0.29, 0.717) is 12.8 Å². The van der Waals surface area contributed by atoms with Gasteiger partial charge in [0.1, 0.15) is 17.2 Å². The lowest BCUT2D eigenvalue weighted by atomic mass is 10.0. The normalized spacial score (nSPS) is 15.3. The molecule has 0 spiro atoms. The van der Waals surface area contributed by atoms with Crippen LogP contribution in [0.15, 0.2) is 30.3 Å². The van der Waals surface area contributed by atoms with Gasteiger partial charge in [-0.1, -0.05) is 18.2 Å². The van der Waals surface area contributed by atoms with E-state index in [9.17, 15) is 27.6 Å². The van der Waals surface area contributed by atoms with Crippen molar-refractivity contribution in [3.63, 3.8) is 0 Å². The Hall–Kier alpha value is -3.87. The molecule has 224 valence electrons. The monoisotopic (exact) mass is 581 g/mol. The summed E-state index contributed by atoms with van der Waals surface area (Å²) in [7, 11) is 1.97. The van der Waals surface area contributed by atoms with Crippen LogP contribution in [-0.4, -0.2) is 54.6 Å². The Morgan fingerprint density at radius 3 is 2.22 bits per heavy atom. The van der Waals surface area contributed by atoms with Crippen molar-refractivity contribution in [3.05, 3.63) is 64.2 Å². The Bertz CT molecular complexity index is 1280. The van der Waals surface area contributed by atoms with Gasteiger partial charge in [-0.2, -0.15) is 0 Å². The van der Waals surface area contributed by atoms with Crippen molar-refractivity contribution in [2.45, 2.75) is 64.6 Å². The number of nitrogens with one attached hydrogen (secondary N) is 4. The minimum atomic E-state index is -3.05. The van der Waals surface area contributed by atoms with E-state index in [0.717, 1.165) is 31.3 Å². The molecule has 1 heterocycles. The Morgan fingerprint density at radius 1 is 0.976 bits per heavy atom. The van der Waals surface area contributed by atoms with Crippen molar-refractivity contribution in [3.8, 4) is 0 Å². The highest BCUT2D eigenvalue weighted by molar-refractivity contribution is 6.04.